The monoisotopic (exact) mass is 294 g/mol. The van der Waals surface area contributed by atoms with Crippen LogP contribution >= 0.6 is 11.6 Å². The third kappa shape index (κ3) is 3.04. The molecule has 1 aromatic carbocycles. The van der Waals surface area contributed by atoms with Crippen molar-refractivity contribution in [1.29, 1.82) is 0 Å². The van der Waals surface area contributed by atoms with E-state index in [0.29, 0.717) is 23.0 Å². The molecule has 0 amide bonds. The first-order valence-electron chi connectivity index (χ1n) is 7.72. The smallest absolute Gasteiger partial charge is 0.134 e. The summed E-state index contributed by atoms with van der Waals surface area (Å²) >= 11 is 5.98. The van der Waals surface area contributed by atoms with Gasteiger partial charge in [0.05, 0.1) is 5.02 Å². The lowest BCUT2D eigenvalue weighted by Crippen LogP contribution is -2.44. The minimum absolute atomic E-state index is 0.147. The molecule has 110 valence electrons. The van der Waals surface area contributed by atoms with Gasteiger partial charge in [0.2, 0.25) is 0 Å². The minimum Gasteiger partial charge on any atom is -0.506 e. The van der Waals surface area contributed by atoms with E-state index in [-0.39, 0.29) is 5.75 Å². The van der Waals surface area contributed by atoms with Crippen molar-refractivity contribution in [2.45, 2.75) is 50.6 Å². The number of halogens is 1. The Morgan fingerprint density at radius 2 is 2.05 bits per heavy atom. The number of hydrogen-bond acceptors (Lipinski definition) is 3. The zero-order valence-corrected chi connectivity index (χ0v) is 12.5. The van der Waals surface area contributed by atoms with Gasteiger partial charge in [0.15, 0.2) is 0 Å². The summed E-state index contributed by atoms with van der Waals surface area (Å²) < 4.78 is 0. The highest BCUT2D eigenvalue weighted by Crippen LogP contribution is 2.35. The molecule has 1 aliphatic heterocycles. The van der Waals surface area contributed by atoms with Gasteiger partial charge in [0, 0.05) is 17.8 Å². The second kappa shape index (κ2) is 6.23. The Hall–Kier alpha value is -0.930. The molecule has 0 aromatic heterocycles. The molecule has 3 nitrogen and oxygen atoms in total. The Bertz CT molecular complexity index is 460. The molecule has 3 atom stereocenters. The van der Waals surface area contributed by atoms with Crippen LogP contribution in [0.2, 0.25) is 5.02 Å². The molecule has 0 bridgehead atoms. The number of aromatic hydroxyl groups is 1. The van der Waals surface area contributed by atoms with Crippen molar-refractivity contribution in [3.63, 3.8) is 0 Å². The van der Waals surface area contributed by atoms with E-state index in [1.54, 1.807) is 6.07 Å². The van der Waals surface area contributed by atoms with Crippen LogP contribution in [-0.4, -0.2) is 23.7 Å². The first kappa shape index (κ1) is 14.0. The molecule has 0 radical (unpaired) electrons. The number of phenolic OH excluding ortho intramolecular Hbond substituents is 1. The Labute approximate surface area is 125 Å². The van der Waals surface area contributed by atoms with Crippen LogP contribution in [-0.2, 0) is 0 Å². The average molecular weight is 295 g/mol. The normalized spacial score (nSPS) is 30.4. The summed E-state index contributed by atoms with van der Waals surface area (Å²) in [5, 5.41) is 17.2. The van der Waals surface area contributed by atoms with Crippen LogP contribution in [0, 0.1) is 5.92 Å². The highest BCUT2D eigenvalue weighted by Gasteiger charge is 2.34. The maximum atomic E-state index is 9.49. The molecule has 1 saturated carbocycles. The first-order valence-corrected chi connectivity index (χ1v) is 8.10. The molecule has 2 fully saturated rings. The molecule has 2 aliphatic rings. The maximum absolute atomic E-state index is 9.49. The number of benzene rings is 1. The van der Waals surface area contributed by atoms with Crippen LogP contribution in [0.5, 0.6) is 5.75 Å². The summed E-state index contributed by atoms with van der Waals surface area (Å²) in [5.41, 5.74) is 1.01. The summed E-state index contributed by atoms with van der Waals surface area (Å²) in [6.07, 6.45) is 7.80. The number of phenols is 1. The average Bonchev–Trinajstić information content (AvgIpc) is 2.92. The van der Waals surface area contributed by atoms with Gasteiger partial charge in [0.1, 0.15) is 5.75 Å². The summed E-state index contributed by atoms with van der Waals surface area (Å²) in [4.78, 5) is 0. The SMILES string of the molecule is Oc1ccc(NC2CCCC2C2CCCCN2)cc1Cl. The van der Waals surface area contributed by atoms with Crippen LogP contribution in [0.3, 0.4) is 0 Å². The summed E-state index contributed by atoms with van der Waals surface area (Å²) in [6, 6.07) is 6.57. The predicted molar refractivity (Wildman–Crippen MR) is 83.5 cm³/mol. The van der Waals surface area contributed by atoms with Gasteiger partial charge in [-0.05, 0) is 56.3 Å². The minimum atomic E-state index is 0.147. The number of rotatable bonds is 3. The summed E-state index contributed by atoms with van der Waals surface area (Å²) in [7, 11) is 0. The van der Waals surface area contributed by atoms with Gasteiger partial charge in [-0.25, -0.2) is 0 Å². The molecule has 3 unspecified atom stereocenters. The lowest BCUT2D eigenvalue weighted by Gasteiger charge is -2.33. The summed E-state index contributed by atoms with van der Waals surface area (Å²) in [6.45, 7) is 1.17. The van der Waals surface area contributed by atoms with E-state index in [2.05, 4.69) is 10.6 Å². The summed E-state index contributed by atoms with van der Waals surface area (Å²) in [5.74, 6) is 0.858. The van der Waals surface area contributed by atoms with Gasteiger partial charge in [-0.2, -0.15) is 0 Å². The third-order valence-electron chi connectivity index (χ3n) is 4.73. The van der Waals surface area contributed by atoms with E-state index in [1.165, 1.54) is 45.1 Å². The van der Waals surface area contributed by atoms with Gasteiger partial charge >= 0.3 is 0 Å². The highest BCUT2D eigenvalue weighted by atomic mass is 35.5. The van der Waals surface area contributed by atoms with E-state index < -0.39 is 0 Å². The van der Waals surface area contributed by atoms with Crippen LogP contribution in [0.1, 0.15) is 38.5 Å². The number of piperidine rings is 1. The second-order valence-electron chi connectivity index (χ2n) is 6.07. The molecule has 1 saturated heterocycles. The predicted octanol–water partition coefficient (Wildman–Crippen LogP) is 3.77. The molecular weight excluding hydrogens is 272 g/mol. The Balaban J connectivity index is 1.67. The number of anilines is 1. The van der Waals surface area contributed by atoms with Gasteiger partial charge < -0.3 is 15.7 Å². The van der Waals surface area contributed by atoms with Crippen LogP contribution in [0.15, 0.2) is 18.2 Å². The zero-order valence-electron chi connectivity index (χ0n) is 11.7. The van der Waals surface area contributed by atoms with Crippen molar-refractivity contribution in [3.8, 4) is 5.75 Å². The topological polar surface area (TPSA) is 44.3 Å². The number of hydrogen-bond donors (Lipinski definition) is 3. The van der Waals surface area contributed by atoms with E-state index in [1.807, 2.05) is 12.1 Å². The molecular formula is C16H23ClN2O. The Kier molecular flexibility index (Phi) is 4.37. The van der Waals surface area contributed by atoms with Gasteiger partial charge in [-0.3, -0.25) is 0 Å². The van der Waals surface area contributed by atoms with Gasteiger partial charge in [-0.15, -0.1) is 0 Å². The fourth-order valence-electron chi connectivity index (χ4n) is 3.70. The van der Waals surface area contributed by atoms with E-state index in [0.717, 1.165) is 5.69 Å². The Morgan fingerprint density at radius 1 is 1.15 bits per heavy atom. The molecule has 1 aliphatic carbocycles. The number of nitrogens with one attached hydrogen (secondary N) is 2. The molecule has 3 rings (SSSR count). The molecule has 1 heterocycles. The van der Waals surface area contributed by atoms with Crippen LogP contribution in [0.25, 0.3) is 0 Å². The van der Waals surface area contributed by atoms with Crippen molar-refractivity contribution >= 4 is 17.3 Å². The van der Waals surface area contributed by atoms with Gasteiger partial charge in [-0.1, -0.05) is 24.4 Å². The lowest BCUT2D eigenvalue weighted by molar-refractivity contribution is 0.286. The van der Waals surface area contributed by atoms with Crippen molar-refractivity contribution in [1.82, 2.24) is 5.32 Å². The fourth-order valence-corrected chi connectivity index (χ4v) is 3.89. The lowest BCUT2D eigenvalue weighted by atomic mass is 9.88. The van der Waals surface area contributed by atoms with E-state index in [4.69, 9.17) is 11.6 Å². The molecule has 4 heteroatoms. The molecule has 0 spiro atoms. The standard InChI is InChI=1S/C16H23ClN2O/c17-13-10-11(7-8-16(13)20)19-15-6-3-4-12(15)14-5-1-2-9-18-14/h7-8,10,12,14-15,18-20H,1-6,9H2. The van der Waals surface area contributed by atoms with E-state index in [9.17, 15) is 5.11 Å². The quantitative estimate of drug-likeness (QED) is 0.744. The van der Waals surface area contributed by atoms with Crippen LogP contribution in [0.4, 0.5) is 5.69 Å². The van der Waals surface area contributed by atoms with Crippen molar-refractivity contribution in [2.24, 2.45) is 5.92 Å². The van der Waals surface area contributed by atoms with Crippen molar-refractivity contribution in [3.05, 3.63) is 23.2 Å². The third-order valence-corrected chi connectivity index (χ3v) is 5.04. The van der Waals surface area contributed by atoms with Crippen molar-refractivity contribution < 1.29 is 5.11 Å². The highest BCUT2D eigenvalue weighted by molar-refractivity contribution is 6.32. The van der Waals surface area contributed by atoms with E-state index >= 15 is 0 Å². The zero-order chi connectivity index (χ0) is 13.9. The van der Waals surface area contributed by atoms with Crippen molar-refractivity contribution in [2.75, 3.05) is 11.9 Å². The fraction of sp³-hybridized carbons (Fsp3) is 0.625. The van der Waals surface area contributed by atoms with Gasteiger partial charge in [0.25, 0.3) is 0 Å². The second-order valence-corrected chi connectivity index (χ2v) is 6.48. The first-order chi connectivity index (χ1) is 9.74. The molecule has 20 heavy (non-hydrogen) atoms. The molecule has 3 N–H and O–H groups in total. The Morgan fingerprint density at radius 3 is 2.80 bits per heavy atom. The van der Waals surface area contributed by atoms with Crippen LogP contribution < -0.4 is 10.6 Å². The maximum Gasteiger partial charge on any atom is 0.134 e. The largest absolute Gasteiger partial charge is 0.506 e. The molecule has 1 aromatic rings.